The van der Waals surface area contributed by atoms with Crippen LogP contribution in [0.2, 0.25) is 0 Å². The summed E-state index contributed by atoms with van der Waals surface area (Å²) < 4.78 is 12.6. The molecule has 0 fully saturated rings. The highest BCUT2D eigenvalue weighted by molar-refractivity contribution is 5.34. The molecule has 0 aliphatic carbocycles. The van der Waals surface area contributed by atoms with Gasteiger partial charge in [0.2, 0.25) is 0 Å². The third kappa shape index (κ3) is 4.41. The van der Waals surface area contributed by atoms with Crippen molar-refractivity contribution in [2.24, 2.45) is 0 Å². The van der Waals surface area contributed by atoms with E-state index in [-0.39, 0.29) is 0 Å². The standard InChI is InChI=1S/C13H14N4O2/c14-9-12-1-3-13(4-2-12)19-8-7-18-6-5-17-11-15-10-16-17/h1-4,10-11H,5-8H2. The Bertz CT molecular complexity index is 517. The Morgan fingerprint density at radius 1 is 1.16 bits per heavy atom. The maximum absolute atomic E-state index is 8.66. The van der Waals surface area contributed by atoms with E-state index in [1.165, 1.54) is 6.33 Å². The van der Waals surface area contributed by atoms with Crippen molar-refractivity contribution in [3.63, 3.8) is 0 Å². The Hall–Kier alpha value is -2.39. The molecule has 6 heteroatoms. The second kappa shape index (κ2) is 7.13. The molecule has 0 atom stereocenters. The fourth-order valence-corrected chi connectivity index (χ4v) is 1.45. The van der Waals surface area contributed by atoms with Crippen molar-refractivity contribution in [1.82, 2.24) is 14.8 Å². The first-order valence-electron chi connectivity index (χ1n) is 5.91. The van der Waals surface area contributed by atoms with Crippen molar-refractivity contribution < 1.29 is 9.47 Å². The van der Waals surface area contributed by atoms with Gasteiger partial charge in [0, 0.05) is 0 Å². The smallest absolute Gasteiger partial charge is 0.137 e. The SMILES string of the molecule is N#Cc1ccc(OCCOCCn2cncn2)cc1. The van der Waals surface area contributed by atoms with E-state index >= 15 is 0 Å². The zero-order chi connectivity index (χ0) is 13.3. The van der Waals surface area contributed by atoms with Gasteiger partial charge in [-0.3, -0.25) is 4.68 Å². The maximum atomic E-state index is 8.66. The molecule has 0 aliphatic heterocycles. The highest BCUT2D eigenvalue weighted by atomic mass is 16.5. The summed E-state index contributed by atoms with van der Waals surface area (Å²) in [5.74, 6) is 0.735. The first kappa shape index (κ1) is 13.1. The average molecular weight is 258 g/mol. The van der Waals surface area contributed by atoms with Gasteiger partial charge in [-0.2, -0.15) is 10.4 Å². The summed E-state index contributed by atoms with van der Waals surface area (Å²) in [6.07, 6.45) is 3.14. The van der Waals surface area contributed by atoms with Gasteiger partial charge in [0.1, 0.15) is 25.0 Å². The molecule has 6 nitrogen and oxygen atoms in total. The topological polar surface area (TPSA) is 73.0 Å². The molecule has 0 saturated heterocycles. The number of ether oxygens (including phenoxy) is 2. The molecule has 2 rings (SSSR count). The molecule has 1 heterocycles. The van der Waals surface area contributed by atoms with E-state index in [9.17, 15) is 0 Å². The molecule has 0 N–H and O–H groups in total. The molecule has 0 radical (unpaired) electrons. The molecule has 0 spiro atoms. The molecule has 0 bridgehead atoms. The van der Waals surface area contributed by atoms with Crippen LogP contribution in [0.4, 0.5) is 0 Å². The van der Waals surface area contributed by atoms with Crippen LogP contribution in [-0.4, -0.2) is 34.6 Å². The minimum Gasteiger partial charge on any atom is -0.491 e. The number of rotatable bonds is 7. The molecule has 0 saturated carbocycles. The summed E-state index contributed by atoms with van der Waals surface area (Å²) in [7, 11) is 0. The lowest BCUT2D eigenvalue weighted by atomic mass is 10.2. The fraction of sp³-hybridized carbons (Fsp3) is 0.308. The Morgan fingerprint density at radius 3 is 2.68 bits per heavy atom. The molecule has 0 aliphatic rings. The first-order valence-corrected chi connectivity index (χ1v) is 5.91. The van der Waals surface area contributed by atoms with Crippen LogP contribution < -0.4 is 4.74 Å². The molecular weight excluding hydrogens is 244 g/mol. The summed E-state index contributed by atoms with van der Waals surface area (Å²) in [4.78, 5) is 3.84. The maximum Gasteiger partial charge on any atom is 0.137 e. The van der Waals surface area contributed by atoms with Crippen LogP contribution in [0.3, 0.4) is 0 Å². The molecule has 98 valence electrons. The molecule has 19 heavy (non-hydrogen) atoms. The van der Waals surface area contributed by atoms with Gasteiger partial charge in [-0.15, -0.1) is 0 Å². The largest absolute Gasteiger partial charge is 0.491 e. The van der Waals surface area contributed by atoms with Gasteiger partial charge in [-0.05, 0) is 24.3 Å². The molecule has 2 aromatic rings. The number of hydrogen-bond acceptors (Lipinski definition) is 5. The monoisotopic (exact) mass is 258 g/mol. The summed E-state index contributed by atoms with van der Waals surface area (Å²) >= 11 is 0. The third-order valence-corrected chi connectivity index (χ3v) is 2.41. The van der Waals surface area contributed by atoms with E-state index in [1.54, 1.807) is 35.3 Å². The predicted molar refractivity (Wildman–Crippen MR) is 67.5 cm³/mol. The van der Waals surface area contributed by atoms with Crippen LogP contribution in [0.1, 0.15) is 5.56 Å². The Balaban J connectivity index is 1.57. The van der Waals surface area contributed by atoms with Gasteiger partial charge in [0.15, 0.2) is 0 Å². The minimum atomic E-state index is 0.475. The fourth-order valence-electron chi connectivity index (χ4n) is 1.45. The van der Waals surface area contributed by atoms with Crippen molar-refractivity contribution in [2.75, 3.05) is 19.8 Å². The van der Waals surface area contributed by atoms with Crippen molar-refractivity contribution in [3.05, 3.63) is 42.5 Å². The molecular formula is C13H14N4O2. The molecule has 1 aromatic carbocycles. The number of hydrogen-bond donors (Lipinski definition) is 0. The summed E-state index contributed by atoms with van der Waals surface area (Å²) in [6, 6.07) is 9.05. The van der Waals surface area contributed by atoms with E-state index in [1.807, 2.05) is 0 Å². The van der Waals surface area contributed by atoms with Crippen molar-refractivity contribution in [2.45, 2.75) is 6.54 Å². The van der Waals surface area contributed by atoms with Gasteiger partial charge in [-0.25, -0.2) is 4.98 Å². The Labute approximate surface area is 111 Å². The van der Waals surface area contributed by atoms with Crippen LogP contribution in [0.5, 0.6) is 5.75 Å². The Kier molecular flexibility index (Phi) is 4.90. The molecule has 0 unspecified atom stereocenters. The van der Waals surface area contributed by atoms with Gasteiger partial charge >= 0.3 is 0 Å². The van der Waals surface area contributed by atoms with Gasteiger partial charge in [0.05, 0.1) is 31.4 Å². The number of nitriles is 1. The highest BCUT2D eigenvalue weighted by Crippen LogP contribution is 2.11. The zero-order valence-corrected chi connectivity index (χ0v) is 10.4. The number of nitrogens with zero attached hydrogens (tertiary/aromatic N) is 4. The van der Waals surface area contributed by atoms with Crippen LogP contribution in [0.25, 0.3) is 0 Å². The Morgan fingerprint density at radius 2 is 2.00 bits per heavy atom. The van der Waals surface area contributed by atoms with Crippen molar-refractivity contribution in [3.8, 4) is 11.8 Å². The average Bonchev–Trinajstić information content (AvgIpc) is 2.96. The van der Waals surface area contributed by atoms with E-state index in [0.717, 1.165) is 5.75 Å². The van der Waals surface area contributed by atoms with E-state index < -0.39 is 0 Å². The number of benzene rings is 1. The molecule has 0 amide bonds. The number of aromatic nitrogens is 3. The second-order valence-electron chi connectivity index (χ2n) is 3.76. The lowest BCUT2D eigenvalue weighted by Crippen LogP contribution is -2.11. The molecule has 1 aromatic heterocycles. The quantitative estimate of drug-likeness (QED) is 0.699. The van der Waals surface area contributed by atoms with E-state index in [0.29, 0.717) is 31.9 Å². The normalized spacial score (nSPS) is 10.1. The lowest BCUT2D eigenvalue weighted by Gasteiger charge is -2.07. The highest BCUT2D eigenvalue weighted by Gasteiger charge is 1.96. The van der Waals surface area contributed by atoms with Crippen molar-refractivity contribution >= 4 is 0 Å². The van der Waals surface area contributed by atoms with Crippen LogP contribution in [0.15, 0.2) is 36.9 Å². The predicted octanol–water partition coefficient (Wildman–Crippen LogP) is 1.25. The minimum absolute atomic E-state index is 0.475. The summed E-state index contributed by atoms with van der Waals surface area (Å²) in [6.45, 7) is 2.23. The van der Waals surface area contributed by atoms with E-state index in [2.05, 4.69) is 16.2 Å². The van der Waals surface area contributed by atoms with Crippen LogP contribution >= 0.6 is 0 Å². The van der Waals surface area contributed by atoms with Crippen molar-refractivity contribution in [1.29, 1.82) is 5.26 Å². The van der Waals surface area contributed by atoms with Crippen LogP contribution in [-0.2, 0) is 11.3 Å². The third-order valence-electron chi connectivity index (χ3n) is 2.41. The van der Waals surface area contributed by atoms with E-state index in [4.69, 9.17) is 14.7 Å². The van der Waals surface area contributed by atoms with Gasteiger partial charge in [-0.1, -0.05) is 0 Å². The van der Waals surface area contributed by atoms with Gasteiger partial charge < -0.3 is 9.47 Å². The summed E-state index contributed by atoms with van der Waals surface area (Å²) in [5.41, 5.74) is 0.622. The second-order valence-corrected chi connectivity index (χ2v) is 3.76. The zero-order valence-electron chi connectivity index (χ0n) is 10.4. The lowest BCUT2D eigenvalue weighted by molar-refractivity contribution is 0.0926. The van der Waals surface area contributed by atoms with Crippen LogP contribution in [0, 0.1) is 11.3 Å². The van der Waals surface area contributed by atoms with Gasteiger partial charge in [0.25, 0.3) is 0 Å². The first-order chi connectivity index (χ1) is 9.38. The summed E-state index contributed by atoms with van der Waals surface area (Å²) in [5, 5.41) is 12.6.